The lowest BCUT2D eigenvalue weighted by Crippen LogP contribution is -2.40. The van der Waals surface area contributed by atoms with E-state index >= 15 is 0 Å². The summed E-state index contributed by atoms with van der Waals surface area (Å²) in [4.78, 5) is 27.2. The lowest BCUT2D eigenvalue weighted by molar-refractivity contribution is -0.139. The molecule has 1 aliphatic rings. The van der Waals surface area contributed by atoms with Crippen LogP contribution in [0.2, 0.25) is 0 Å². The minimum Gasteiger partial charge on any atom is -0.466 e. The summed E-state index contributed by atoms with van der Waals surface area (Å²) >= 11 is 2.12. The Morgan fingerprint density at radius 3 is 2.30 bits per heavy atom. The van der Waals surface area contributed by atoms with Crippen LogP contribution in [-0.4, -0.2) is 26.2 Å². The fourth-order valence-corrected chi connectivity index (χ4v) is 3.92. The van der Waals surface area contributed by atoms with Gasteiger partial charge in [0.2, 0.25) is 0 Å². The Balaban J connectivity index is 2.41. The van der Waals surface area contributed by atoms with Gasteiger partial charge in [0.25, 0.3) is 0 Å². The van der Waals surface area contributed by atoms with E-state index in [-0.39, 0.29) is 22.7 Å². The molecular weight excluding hydrogens is 497 g/mol. The number of nitrogens with zero attached hydrogens (tertiary/aromatic N) is 2. The highest BCUT2D eigenvalue weighted by molar-refractivity contribution is 14.1. The van der Waals surface area contributed by atoms with Gasteiger partial charge in [-0.05, 0) is 46.4 Å². The molecule has 1 aliphatic heterocycles. The Hall–Kier alpha value is -3.32. The molecule has 0 saturated carbocycles. The van der Waals surface area contributed by atoms with Gasteiger partial charge in [0.1, 0.15) is 11.5 Å². The highest BCUT2D eigenvalue weighted by Crippen LogP contribution is 2.43. The summed E-state index contributed by atoms with van der Waals surface area (Å²) in [6, 6.07) is 18.2. The van der Waals surface area contributed by atoms with Gasteiger partial charge in [0, 0.05) is 9.26 Å². The maximum absolute atomic E-state index is 12.9. The van der Waals surface area contributed by atoms with Gasteiger partial charge in [-0.2, -0.15) is 5.26 Å². The molecule has 0 saturated heterocycles. The van der Waals surface area contributed by atoms with Gasteiger partial charge in [-0.3, -0.25) is 4.90 Å². The first kappa shape index (κ1) is 21.4. The number of hydrogen-bond acceptors (Lipinski definition) is 7. The van der Waals surface area contributed by atoms with Crippen LogP contribution >= 0.6 is 22.6 Å². The van der Waals surface area contributed by atoms with Crippen LogP contribution in [-0.2, 0) is 19.1 Å². The van der Waals surface area contributed by atoms with E-state index in [1.807, 2.05) is 12.1 Å². The van der Waals surface area contributed by atoms with Crippen molar-refractivity contribution in [1.29, 1.82) is 5.26 Å². The third-order valence-corrected chi connectivity index (χ3v) is 5.35. The zero-order valence-corrected chi connectivity index (χ0v) is 18.4. The maximum Gasteiger partial charge on any atom is 0.355 e. The number of esters is 2. The number of benzene rings is 2. The number of halogens is 1. The van der Waals surface area contributed by atoms with Crippen LogP contribution in [0.1, 0.15) is 11.5 Å². The molecule has 2 aromatic rings. The fourth-order valence-electron chi connectivity index (χ4n) is 3.40. The van der Waals surface area contributed by atoms with Gasteiger partial charge in [-0.15, -0.1) is 0 Å². The number of methoxy groups -OCH3 is 2. The molecular formula is C22H18IN3O4. The largest absolute Gasteiger partial charge is 0.466 e. The highest BCUT2D eigenvalue weighted by atomic mass is 127. The second kappa shape index (κ2) is 9.00. The molecule has 7 nitrogen and oxygen atoms in total. The number of hydrogen-bond donors (Lipinski definition) is 1. The number of ether oxygens (including phenoxy) is 2. The molecule has 0 bridgehead atoms. The second-order valence-electron chi connectivity index (χ2n) is 6.32. The number of anilines is 1. The standard InChI is InChI=1S/C22H18IN3O4/c1-29-21(27)18-17(13-7-4-3-5-8-13)16(12-24)20(25)26(19(18)22(28)30-2)15-10-6-9-14(23)11-15/h3-11,17H,25H2,1-2H3. The van der Waals surface area contributed by atoms with Crippen LogP contribution < -0.4 is 10.6 Å². The first-order chi connectivity index (χ1) is 14.4. The van der Waals surface area contributed by atoms with E-state index in [2.05, 4.69) is 28.7 Å². The predicted octanol–water partition coefficient (Wildman–Crippen LogP) is 3.19. The van der Waals surface area contributed by atoms with Crippen LogP contribution in [0, 0.1) is 14.9 Å². The van der Waals surface area contributed by atoms with Gasteiger partial charge in [-0.1, -0.05) is 36.4 Å². The zero-order valence-electron chi connectivity index (χ0n) is 16.3. The summed E-state index contributed by atoms with van der Waals surface area (Å²) in [7, 11) is 2.43. The number of allylic oxidation sites excluding steroid dienone is 1. The molecule has 152 valence electrons. The summed E-state index contributed by atoms with van der Waals surface area (Å²) in [5.41, 5.74) is 7.59. The number of carbonyl (C=O) groups is 2. The van der Waals surface area contributed by atoms with Crippen LogP contribution in [0.3, 0.4) is 0 Å². The third kappa shape index (κ3) is 3.76. The van der Waals surface area contributed by atoms with E-state index in [1.165, 1.54) is 19.1 Å². The van der Waals surface area contributed by atoms with E-state index in [4.69, 9.17) is 15.2 Å². The summed E-state index contributed by atoms with van der Waals surface area (Å²) in [5, 5.41) is 9.96. The molecule has 1 unspecified atom stereocenters. The van der Waals surface area contributed by atoms with Crippen LogP contribution in [0.4, 0.5) is 5.69 Å². The molecule has 2 aromatic carbocycles. The topological polar surface area (TPSA) is 106 Å². The van der Waals surface area contributed by atoms with Crippen LogP contribution in [0.5, 0.6) is 0 Å². The van der Waals surface area contributed by atoms with Gasteiger partial charge in [-0.25, -0.2) is 9.59 Å². The van der Waals surface area contributed by atoms with Crippen LogP contribution in [0.25, 0.3) is 0 Å². The van der Waals surface area contributed by atoms with Crippen molar-refractivity contribution in [3.05, 3.63) is 86.4 Å². The van der Waals surface area contributed by atoms with Crippen molar-refractivity contribution in [2.45, 2.75) is 5.92 Å². The molecule has 0 spiro atoms. The molecule has 0 aliphatic carbocycles. The van der Waals surface area contributed by atoms with E-state index in [1.54, 1.807) is 42.5 Å². The first-order valence-corrected chi connectivity index (χ1v) is 9.93. The van der Waals surface area contributed by atoms with E-state index < -0.39 is 17.9 Å². The Kier molecular flexibility index (Phi) is 6.42. The molecule has 0 fully saturated rings. The van der Waals surface area contributed by atoms with Crippen molar-refractivity contribution in [3.63, 3.8) is 0 Å². The summed E-state index contributed by atoms with van der Waals surface area (Å²) in [6.07, 6.45) is 0. The maximum atomic E-state index is 12.9. The fraction of sp³-hybridized carbons (Fsp3) is 0.136. The van der Waals surface area contributed by atoms with Crippen molar-refractivity contribution < 1.29 is 19.1 Å². The second-order valence-corrected chi connectivity index (χ2v) is 7.56. The predicted molar refractivity (Wildman–Crippen MR) is 119 cm³/mol. The van der Waals surface area contributed by atoms with E-state index in [0.29, 0.717) is 11.3 Å². The molecule has 2 N–H and O–H groups in total. The molecule has 0 radical (unpaired) electrons. The number of rotatable bonds is 4. The van der Waals surface area contributed by atoms with E-state index in [9.17, 15) is 14.9 Å². The number of nitriles is 1. The Bertz CT molecular complexity index is 1100. The first-order valence-electron chi connectivity index (χ1n) is 8.85. The van der Waals surface area contributed by atoms with Crippen molar-refractivity contribution in [1.82, 2.24) is 0 Å². The molecule has 8 heteroatoms. The smallest absolute Gasteiger partial charge is 0.355 e. The lowest BCUT2D eigenvalue weighted by Gasteiger charge is -2.35. The van der Waals surface area contributed by atoms with Crippen LogP contribution in [0.15, 0.2) is 77.3 Å². The molecule has 0 amide bonds. The van der Waals surface area contributed by atoms with Crippen molar-refractivity contribution >= 4 is 40.2 Å². The Morgan fingerprint density at radius 2 is 1.73 bits per heavy atom. The quantitative estimate of drug-likeness (QED) is 0.493. The van der Waals surface area contributed by atoms with Crippen molar-refractivity contribution in [2.75, 3.05) is 19.1 Å². The number of carbonyl (C=O) groups excluding carboxylic acids is 2. The summed E-state index contributed by atoms with van der Waals surface area (Å²) < 4.78 is 10.9. The summed E-state index contributed by atoms with van der Waals surface area (Å²) in [6.45, 7) is 0. The zero-order chi connectivity index (χ0) is 21.8. The van der Waals surface area contributed by atoms with Crippen molar-refractivity contribution in [3.8, 4) is 6.07 Å². The average Bonchev–Trinajstić information content (AvgIpc) is 2.77. The monoisotopic (exact) mass is 515 g/mol. The SMILES string of the molecule is COC(=O)C1=C(C(=O)OC)N(c2cccc(I)c2)C(N)=C(C#N)C1c1ccccc1. The lowest BCUT2D eigenvalue weighted by atomic mass is 9.81. The Morgan fingerprint density at radius 1 is 1.07 bits per heavy atom. The third-order valence-electron chi connectivity index (χ3n) is 4.68. The number of nitrogens with two attached hydrogens (primary N) is 1. The Labute approximate surface area is 187 Å². The van der Waals surface area contributed by atoms with Gasteiger partial charge in [0.05, 0.1) is 37.4 Å². The normalized spacial score (nSPS) is 16.2. The minimum absolute atomic E-state index is 0.0137. The molecule has 0 aromatic heterocycles. The van der Waals surface area contributed by atoms with Gasteiger partial charge < -0.3 is 15.2 Å². The highest BCUT2D eigenvalue weighted by Gasteiger charge is 2.42. The summed E-state index contributed by atoms with van der Waals surface area (Å²) in [5.74, 6) is -2.35. The van der Waals surface area contributed by atoms with E-state index in [0.717, 1.165) is 3.57 Å². The average molecular weight is 515 g/mol. The molecule has 30 heavy (non-hydrogen) atoms. The van der Waals surface area contributed by atoms with Crippen molar-refractivity contribution in [2.24, 2.45) is 5.73 Å². The van der Waals surface area contributed by atoms with Gasteiger partial charge >= 0.3 is 11.9 Å². The molecule has 3 rings (SSSR count). The minimum atomic E-state index is -0.878. The molecule has 1 atom stereocenters. The van der Waals surface area contributed by atoms with Gasteiger partial charge in [0.15, 0.2) is 0 Å². The molecule has 1 heterocycles.